The van der Waals surface area contributed by atoms with Crippen LogP contribution in [0.25, 0.3) is 0 Å². The smallest absolute Gasteiger partial charge is 0.101 e. The molecule has 0 saturated carbocycles. The molecule has 0 N–H and O–H groups in total. The number of aryl methyl sites for hydroxylation is 2. The maximum absolute atomic E-state index is 6.15. The van der Waals surface area contributed by atoms with E-state index in [2.05, 4.69) is 42.4 Å². The minimum Gasteiger partial charge on any atom is -0.248 e. The van der Waals surface area contributed by atoms with E-state index in [1.54, 1.807) is 0 Å². The summed E-state index contributed by atoms with van der Waals surface area (Å²) in [6, 6.07) is 6.32. The lowest BCUT2D eigenvalue weighted by molar-refractivity contribution is 0.644. The molecule has 1 unspecified atom stereocenters. The topological polar surface area (TPSA) is 30.7 Å². The molecule has 3 nitrogen and oxygen atoms in total. The van der Waals surface area contributed by atoms with Crippen LogP contribution in [0.4, 0.5) is 0 Å². The van der Waals surface area contributed by atoms with E-state index in [-0.39, 0.29) is 5.38 Å². The monoisotopic (exact) mass is 263 g/mol. The van der Waals surface area contributed by atoms with Gasteiger partial charge in [0.05, 0.1) is 18.1 Å². The van der Waals surface area contributed by atoms with Crippen molar-refractivity contribution < 1.29 is 0 Å². The first-order valence-corrected chi connectivity index (χ1v) is 6.64. The highest BCUT2D eigenvalue weighted by molar-refractivity contribution is 6.20. The SMILES string of the molecule is CCC(Cl)c1cn(Cc2c(C)cccc2C)nn1. The fourth-order valence-corrected chi connectivity index (χ4v) is 2.10. The number of aromatic nitrogens is 3. The van der Waals surface area contributed by atoms with E-state index >= 15 is 0 Å². The van der Waals surface area contributed by atoms with Crippen molar-refractivity contribution in [2.75, 3.05) is 0 Å². The van der Waals surface area contributed by atoms with Crippen LogP contribution in [-0.2, 0) is 6.54 Å². The van der Waals surface area contributed by atoms with Crippen molar-refractivity contribution >= 4 is 11.6 Å². The first-order valence-electron chi connectivity index (χ1n) is 6.21. The molecule has 1 aromatic heterocycles. The average Bonchev–Trinajstić information content (AvgIpc) is 2.81. The summed E-state index contributed by atoms with van der Waals surface area (Å²) in [7, 11) is 0. The summed E-state index contributed by atoms with van der Waals surface area (Å²) in [5, 5.41) is 8.22. The van der Waals surface area contributed by atoms with Crippen molar-refractivity contribution in [2.24, 2.45) is 0 Å². The van der Waals surface area contributed by atoms with E-state index in [1.807, 2.05) is 17.8 Å². The Bertz CT molecular complexity index is 513. The van der Waals surface area contributed by atoms with Gasteiger partial charge in [-0.25, -0.2) is 4.68 Å². The maximum Gasteiger partial charge on any atom is 0.101 e. The minimum absolute atomic E-state index is 0.0447. The van der Waals surface area contributed by atoms with Gasteiger partial charge in [-0.1, -0.05) is 30.3 Å². The number of alkyl halides is 1. The molecule has 0 radical (unpaired) electrons. The predicted octanol–water partition coefficient (Wildman–Crippen LogP) is 3.63. The lowest BCUT2D eigenvalue weighted by atomic mass is 10.0. The highest BCUT2D eigenvalue weighted by atomic mass is 35.5. The van der Waals surface area contributed by atoms with Gasteiger partial charge in [-0.2, -0.15) is 0 Å². The van der Waals surface area contributed by atoms with Crippen molar-refractivity contribution in [3.63, 3.8) is 0 Å². The molecule has 2 rings (SSSR count). The third kappa shape index (κ3) is 2.72. The van der Waals surface area contributed by atoms with Crippen molar-refractivity contribution in [2.45, 2.75) is 39.1 Å². The number of hydrogen-bond donors (Lipinski definition) is 0. The molecule has 2 aromatic rings. The van der Waals surface area contributed by atoms with Gasteiger partial charge < -0.3 is 0 Å². The Morgan fingerprint density at radius 1 is 1.28 bits per heavy atom. The molecule has 0 aliphatic carbocycles. The van der Waals surface area contributed by atoms with Gasteiger partial charge in [0.2, 0.25) is 0 Å². The molecule has 1 aromatic carbocycles. The van der Waals surface area contributed by atoms with Gasteiger partial charge in [0.25, 0.3) is 0 Å². The molecule has 0 amide bonds. The van der Waals surface area contributed by atoms with Gasteiger partial charge in [-0.3, -0.25) is 0 Å². The first kappa shape index (κ1) is 13.1. The van der Waals surface area contributed by atoms with E-state index in [9.17, 15) is 0 Å². The van der Waals surface area contributed by atoms with E-state index < -0.39 is 0 Å². The number of halogens is 1. The largest absolute Gasteiger partial charge is 0.248 e. The highest BCUT2D eigenvalue weighted by Crippen LogP contribution is 2.21. The van der Waals surface area contributed by atoms with Crippen LogP contribution in [0, 0.1) is 13.8 Å². The number of rotatable bonds is 4. The molecule has 96 valence electrons. The van der Waals surface area contributed by atoms with Crippen molar-refractivity contribution in [3.8, 4) is 0 Å². The molecule has 18 heavy (non-hydrogen) atoms. The molecule has 4 heteroatoms. The standard InChI is InChI=1S/C14H18ClN3/c1-4-13(15)14-9-18(17-16-14)8-12-10(2)6-5-7-11(12)3/h5-7,9,13H,4,8H2,1-3H3. The van der Waals surface area contributed by atoms with Crippen molar-refractivity contribution in [1.82, 2.24) is 15.0 Å². The third-order valence-corrected chi connectivity index (χ3v) is 3.73. The van der Waals surface area contributed by atoms with Gasteiger partial charge >= 0.3 is 0 Å². The van der Waals surface area contributed by atoms with Gasteiger partial charge in [0.15, 0.2) is 0 Å². The normalized spacial score (nSPS) is 12.7. The Morgan fingerprint density at radius 2 is 1.94 bits per heavy atom. The van der Waals surface area contributed by atoms with E-state index in [4.69, 9.17) is 11.6 Å². The summed E-state index contributed by atoms with van der Waals surface area (Å²) < 4.78 is 1.86. The predicted molar refractivity (Wildman–Crippen MR) is 73.9 cm³/mol. The Labute approximate surface area is 113 Å². The van der Waals surface area contributed by atoms with Crippen LogP contribution < -0.4 is 0 Å². The molecule has 0 spiro atoms. The zero-order valence-corrected chi connectivity index (χ0v) is 11.8. The second-order valence-corrected chi connectivity index (χ2v) is 5.11. The van der Waals surface area contributed by atoms with Gasteiger partial charge in [-0.15, -0.1) is 16.7 Å². The summed E-state index contributed by atoms with van der Waals surface area (Å²) in [6.45, 7) is 7.04. The first-order chi connectivity index (χ1) is 8.61. The summed E-state index contributed by atoms with van der Waals surface area (Å²) in [4.78, 5) is 0. The van der Waals surface area contributed by atoms with Gasteiger partial charge in [0, 0.05) is 0 Å². The van der Waals surface area contributed by atoms with E-state index in [0.717, 1.165) is 18.7 Å². The van der Waals surface area contributed by atoms with Crippen LogP contribution in [-0.4, -0.2) is 15.0 Å². The molecular formula is C14H18ClN3. The van der Waals surface area contributed by atoms with Crippen LogP contribution in [0.1, 0.15) is 41.1 Å². The van der Waals surface area contributed by atoms with E-state index in [0.29, 0.717) is 0 Å². The third-order valence-electron chi connectivity index (χ3n) is 3.20. The maximum atomic E-state index is 6.15. The van der Waals surface area contributed by atoms with E-state index in [1.165, 1.54) is 16.7 Å². The zero-order chi connectivity index (χ0) is 13.1. The Morgan fingerprint density at radius 3 is 2.56 bits per heavy atom. The number of benzene rings is 1. The Hall–Kier alpha value is -1.35. The van der Waals surface area contributed by atoms with Crippen LogP contribution in [0.3, 0.4) is 0 Å². The van der Waals surface area contributed by atoms with Crippen molar-refractivity contribution in [3.05, 3.63) is 46.8 Å². The Kier molecular flexibility index (Phi) is 4.02. The molecule has 0 aliphatic heterocycles. The van der Waals surface area contributed by atoms with Crippen LogP contribution >= 0.6 is 11.6 Å². The molecule has 0 aliphatic rings. The zero-order valence-electron chi connectivity index (χ0n) is 11.0. The molecule has 0 saturated heterocycles. The Balaban J connectivity index is 2.21. The minimum atomic E-state index is -0.0447. The summed E-state index contributed by atoms with van der Waals surface area (Å²) in [5.41, 5.74) is 4.72. The summed E-state index contributed by atoms with van der Waals surface area (Å²) in [5.74, 6) is 0. The van der Waals surface area contributed by atoms with Crippen LogP contribution in [0.2, 0.25) is 0 Å². The molecule has 0 bridgehead atoms. The van der Waals surface area contributed by atoms with Gasteiger partial charge in [-0.05, 0) is 37.0 Å². The highest BCUT2D eigenvalue weighted by Gasteiger charge is 2.11. The number of nitrogens with zero attached hydrogens (tertiary/aromatic N) is 3. The molecule has 1 heterocycles. The fraction of sp³-hybridized carbons (Fsp3) is 0.429. The average molecular weight is 264 g/mol. The van der Waals surface area contributed by atoms with Crippen LogP contribution in [0.15, 0.2) is 24.4 Å². The summed E-state index contributed by atoms with van der Waals surface area (Å²) in [6.07, 6.45) is 2.80. The van der Waals surface area contributed by atoms with Crippen LogP contribution in [0.5, 0.6) is 0 Å². The molecule has 1 atom stereocenters. The van der Waals surface area contributed by atoms with Gasteiger partial charge in [0.1, 0.15) is 5.69 Å². The molecule has 0 fully saturated rings. The lowest BCUT2D eigenvalue weighted by Gasteiger charge is -2.08. The van der Waals surface area contributed by atoms with Crippen molar-refractivity contribution in [1.29, 1.82) is 0 Å². The lowest BCUT2D eigenvalue weighted by Crippen LogP contribution is -2.04. The molecular weight excluding hydrogens is 246 g/mol. The quantitative estimate of drug-likeness (QED) is 0.789. The fourth-order valence-electron chi connectivity index (χ4n) is 2.00. The second kappa shape index (κ2) is 5.53. The summed E-state index contributed by atoms with van der Waals surface area (Å²) >= 11 is 6.15. The number of hydrogen-bond acceptors (Lipinski definition) is 2. The second-order valence-electron chi connectivity index (χ2n) is 4.59.